The highest BCUT2D eigenvalue weighted by molar-refractivity contribution is 7.19. The molecule has 1 N–H and O–H groups in total. The Morgan fingerprint density at radius 2 is 2.14 bits per heavy atom. The van der Waals surface area contributed by atoms with Crippen molar-refractivity contribution in [3.63, 3.8) is 0 Å². The van der Waals surface area contributed by atoms with Crippen molar-refractivity contribution >= 4 is 45.1 Å². The van der Waals surface area contributed by atoms with Crippen LogP contribution in [-0.2, 0) is 22.7 Å². The van der Waals surface area contributed by atoms with Gasteiger partial charge in [-0.1, -0.05) is 18.2 Å². The van der Waals surface area contributed by atoms with Gasteiger partial charge in [-0.2, -0.15) is 0 Å². The highest BCUT2D eigenvalue weighted by Crippen LogP contribution is 2.26. The summed E-state index contributed by atoms with van der Waals surface area (Å²) in [5, 5.41) is 4.02. The number of likely N-dealkylation sites (N-methyl/N-ethyl adjacent to an activating group) is 2. The monoisotopic (exact) mass is 406 g/mol. The number of pyridine rings is 1. The van der Waals surface area contributed by atoms with Gasteiger partial charge in [-0.15, -0.1) is 11.3 Å². The van der Waals surface area contributed by atoms with E-state index in [0.717, 1.165) is 16.0 Å². The quantitative estimate of drug-likeness (QED) is 0.675. The van der Waals surface area contributed by atoms with Crippen LogP contribution in [0.25, 0.3) is 16.2 Å². The smallest absolute Gasteiger partial charge is 0.246 e. The van der Waals surface area contributed by atoms with Gasteiger partial charge in [0.25, 0.3) is 0 Å². The van der Waals surface area contributed by atoms with Crippen molar-refractivity contribution in [1.29, 1.82) is 0 Å². The molecule has 3 aromatic rings. The summed E-state index contributed by atoms with van der Waals surface area (Å²) in [5.74, 6) is 0.451. The van der Waals surface area contributed by atoms with E-state index < -0.39 is 0 Å². The maximum absolute atomic E-state index is 12.5. The summed E-state index contributed by atoms with van der Waals surface area (Å²) in [6, 6.07) is 12.3. The Kier molecular flexibility index (Phi) is 5.42. The minimum Gasteiger partial charge on any atom is -0.337 e. The number of thiophene rings is 1. The molecule has 2 amide bonds. The lowest BCUT2D eigenvalue weighted by Crippen LogP contribution is -2.26. The fourth-order valence-corrected chi connectivity index (χ4v) is 4.46. The number of hydrogen-bond acceptors (Lipinski definition) is 5. The summed E-state index contributed by atoms with van der Waals surface area (Å²) < 4.78 is 1.23. The van der Waals surface area contributed by atoms with E-state index in [-0.39, 0.29) is 11.8 Å². The van der Waals surface area contributed by atoms with Gasteiger partial charge in [-0.25, -0.2) is 4.98 Å². The van der Waals surface area contributed by atoms with Crippen LogP contribution in [0.5, 0.6) is 0 Å². The number of amides is 2. The number of rotatable bonds is 4. The molecule has 0 radical (unpaired) electrons. The van der Waals surface area contributed by atoms with Gasteiger partial charge in [0, 0.05) is 41.0 Å². The highest BCUT2D eigenvalue weighted by Gasteiger charge is 2.17. The van der Waals surface area contributed by atoms with Crippen molar-refractivity contribution in [2.45, 2.75) is 13.1 Å². The van der Waals surface area contributed by atoms with Gasteiger partial charge in [0.05, 0.1) is 13.1 Å². The summed E-state index contributed by atoms with van der Waals surface area (Å²) in [6.45, 7) is 1.53. The van der Waals surface area contributed by atoms with E-state index in [0.29, 0.717) is 25.5 Å². The van der Waals surface area contributed by atoms with Crippen molar-refractivity contribution in [3.05, 3.63) is 64.7 Å². The molecule has 1 aromatic carbocycles. The first-order valence-electron chi connectivity index (χ1n) is 9.36. The summed E-state index contributed by atoms with van der Waals surface area (Å²) in [5.41, 5.74) is 1.77. The number of benzene rings is 1. The van der Waals surface area contributed by atoms with Gasteiger partial charge < -0.3 is 10.2 Å². The van der Waals surface area contributed by atoms with E-state index in [2.05, 4.69) is 28.5 Å². The first-order chi connectivity index (χ1) is 14.0. The second-order valence-electron chi connectivity index (χ2n) is 7.28. The SMILES string of the molecule is CN1CC(=O)Nc2ncc(C=CC(=O)N(C)Cc3cc4ccccc4s3)cc2C1. The van der Waals surface area contributed by atoms with Crippen molar-refractivity contribution < 1.29 is 9.59 Å². The number of aromatic nitrogens is 1. The van der Waals surface area contributed by atoms with E-state index in [1.165, 1.54) is 10.1 Å². The van der Waals surface area contributed by atoms with Crippen molar-refractivity contribution in [2.75, 3.05) is 26.0 Å². The Balaban J connectivity index is 1.44. The summed E-state index contributed by atoms with van der Waals surface area (Å²) in [6.07, 6.45) is 5.00. The number of fused-ring (bicyclic) bond motifs is 2. The normalized spacial score (nSPS) is 14.6. The zero-order chi connectivity index (χ0) is 20.4. The average molecular weight is 407 g/mol. The minimum absolute atomic E-state index is 0.0668. The van der Waals surface area contributed by atoms with Crippen LogP contribution in [0, 0.1) is 0 Å². The van der Waals surface area contributed by atoms with Gasteiger partial charge in [0.1, 0.15) is 5.82 Å². The Morgan fingerprint density at radius 1 is 1.31 bits per heavy atom. The van der Waals surface area contributed by atoms with Gasteiger partial charge in [-0.3, -0.25) is 14.5 Å². The molecule has 1 aliphatic rings. The Bertz CT molecular complexity index is 1070. The number of carbonyl (C=O) groups is 2. The third-order valence-electron chi connectivity index (χ3n) is 4.76. The van der Waals surface area contributed by atoms with Gasteiger partial charge >= 0.3 is 0 Å². The summed E-state index contributed by atoms with van der Waals surface area (Å²) in [7, 11) is 3.69. The van der Waals surface area contributed by atoms with Crippen molar-refractivity contribution in [1.82, 2.24) is 14.8 Å². The average Bonchev–Trinajstić information content (AvgIpc) is 3.02. The molecule has 0 spiro atoms. The summed E-state index contributed by atoms with van der Waals surface area (Å²) in [4.78, 5) is 33.4. The van der Waals surface area contributed by atoms with E-state index >= 15 is 0 Å². The molecule has 0 aliphatic carbocycles. The number of nitrogens with zero attached hydrogens (tertiary/aromatic N) is 3. The maximum atomic E-state index is 12.5. The maximum Gasteiger partial charge on any atom is 0.246 e. The van der Waals surface area contributed by atoms with Crippen LogP contribution in [0.1, 0.15) is 16.0 Å². The van der Waals surface area contributed by atoms with Crippen LogP contribution in [0.15, 0.2) is 48.7 Å². The first-order valence-corrected chi connectivity index (χ1v) is 10.2. The van der Waals surface area contributed by atoms with E-state index in [4.69, 9.17) is 0 Å². The molecule has 148 valence electrons. The Hall–Kier alpha value is -3.03. The predicted molar refractivity (Wildman–Crippen MR) is 117 cm³/mol. The largest absolute Gasteiger partial charge is 0.337 e. The van der Waals surface area contributed by atoms with E-state index in [1.54, 1.807) is 41.6 Å². The molecule has 0 saturated heterocycles. The fourth-order valence-electron chi connectivity index (χ4n) is 3.34. The topological polar surface area (TPSA) is 65.5 Å². The summed E-state index contributed by atoms with van der Waals surface area (Å²) >= 11 is 1.71. The van der Waals surface area contributed by atoms with Crippen LogP contribution < -0.4 is 5.32 Å². The van der Waals surface area contributed by atoms with E-state index in [9.17, 15) is 9.59 Å². The van der Waals surface area contributed by atoms with Gasteiger partial charge in [0.2, 0.25) is 11.8 Å². The number of nitrogens with one attached hydrogen (secondary N) is 1. The highest BCUT2D eigenvalue weighted by atomic mass is 32.1. The lowest BCUT2D eigenvalue weighted by Gasteiger charge is -2.14. The van der Waals surface area contributed by atoms with Crippen LogP contribution in [-0.4, -0.2) is 47.2 Å². The number of carbonyl (C=O) groups excluding carboxylic acids is 2. The second-order valence-corrected chi connectivity index (χ2v) is 8.44. The molecule has 0 atom stereocenters. The Labute approximate surface area is 173 Å². The standard InChI is InChI=1S/C22H22N4O2S/c1-25-12-17-9-15(11-23-22(17)24-20(27)14-25)7-8-21(28)26(2)13-18-10-16-5-3-4-6-19(16)29-18/h3-11H,12-14H2,1-2H3,(H,23,24,27). The van der Waals surface area contributed by atoms with Crippen molar-refractivity contribution in [3.8, 4) is 0 Å². The molecule has 0 unspecified atom stereocenters. The zero-order valence-corrected chi connectivity index (χ0v) is 17.2. The van der Waals surface area contributed by atoms with Gasteiger partial charge in [-0.05, 0) is 42.3 Å². The molecular formula is C22H22N4O2S. The zero-order valence-electron chi connectivity index (χ0n) is 16.4. The molecule has 1 aliphatic heterocycles. The molecule has 3 heterocycles. The molecule has 0 fully saturated rings. The molecule has 7 heteroatoms. The first kappa shape index (κ1) is 19.3. The van der Waals surface area contributed by atoms with E-state index in [1.807, 2.05) is 30.1 Å². The second kappa shape index (κ2) is 8.14. The molecule has 4 rings (SSSR count). The van der Waals surface area contributed by atoms with Crippen LogP contribution in [0.4, 0.5) is 5.82 Å². The fraction of sp³-hybridized carbons (Fsp3) is 0.227. The molecule has 0 bridgehead atoms. The van der Waals surface area contributed by atoms with Crippen molar-refractivity contribution in [2.24, 2.45) is 0 Å². The van der Waals surface area contributed by atoms with Gasteiger partial charge in [0.15, 0.2) is 0 Å². The third-order valence-corrected chi connectivity index (χ3v) is 5.86. The molecule has 2 aromatic heterocycles. The predicted octanol–water partition coefficient (Wildman–Crippen LogP) is 3.35. The van der Waals surface area contributed by atoms with Crippen LogP contribution in [0.3, 0.4) is 0 Å². The number of hydrogen-bond donors (Lipinski definition) is 1. The number of anilines is 1. The lowest BCUT2D eigenvalue weighted by atomic mass is 10.1. The third kappa shape index (κ3) is 4.52. The molecule has 29 heavy (non-hydrogen) atoms. The Morgan fingerprint density at radius 3 is 2.97 bits per heavy atom. The van der Waals surface area contributed by atoms with Crippen LogP contribution >= 0.6 is 11.3 Å². The minimum atomic E-state index is -0.0694. The van der Waals surface area contributed by atoms with Crippen LogP contribution in [0.2, 0.25) is 0 Å². The lowest BCUT2D eigenvalue weighted by molar-refractivity contribution is -0.125. The molecular weight excluding hydrogens is 384 g/mol. The molecule has 6 nitrogen and oxygen atoms in total. The molecule has 0 saturated carbocycles.